The molecule has 160 valence electrons. The normalized spacial score (nSPS) is 21.4. The van der Waals surface area contributed by atoms with Crippen molar-refractivity contribution in [1.82, 2.24) is 4.90 Å². The summed E-state index contributed by atoms with van der Waals surface area (Å²) < 4.78 is 0. The van der Waals surface area contributed by atoms with Gasteiger partial charge in [-0.25, -0.2) is 9.59 Å². The van der Waals surface area contributed by atoms with Crippen LogP contribution >= 0.6 is 0 Å². The van der Waals surface area contributed by atoms with E-state index >= 15 is 0 Å². The first-order valence-corrected chi connectivity index (χ1v) is 9.99. The molecule has 1 aliphatic carbocycles. The molecule has 0 saturated heterocycles. The van der Waals surface area contributed by atoms with Gasteiger partial charge in [0, 0.05) is 12.6 Å². The molecule has 1 heterocycles. The van der Waals surface area contributed by atoms with Gasteiger partial charge >= 0.3 is 11.9 Å². The van der Waals surface area contributed by atoms with E-state index in [2.05, 4.69) is 43.1 Å². The van der Waals surface area contributed by atoms with Gasteiger partial charge in [-0.15, -0.1) is 0 Å². The first-order chi connectivity index (χ1) is 13.7. The Bertz CT molecular complexity index is 724. The van der Waals surface area contributed by atoms with Gasteiger partial charge in [-0.05, 0) is 58.1 Å². The number of likely N-dealkylation sites (N-methyl/N-ethyl adjacent to an activating group) is 1. The van der Waals surface area contributed by atoms with Crippen LogP contribution in [-0.2, 0) is 16.0 Å². The number of benzene rings is 1. The maximum absolute atomic E-state index is 9.77. The number of hydrogen-bond acceptors (Lipinski definition) is 5. The van der Waals surface area contributed by atoms with Gasteiger partial charge in [-0.2, -0.15) is 0 Å². The van der Waals surface area contributed by atoms with Crippen molar-refractivity contribution in [3.05, 3.63) is 46.5 Å². The van der Waals surface area contributed by atoms with Gasteiger partial charge < -0.3 is 20.4 Å². The lowest BCUT2D eigenvalue weighted by Gasteiger charge is -2.39. The largest absolute Gasteiger partial charge is 0.479 e. The van der Waals surface area contributed by atoms with Crippen LogP contribution in [0.5, 0.6) is 0 Å². The minimum absolute atomic E-state index is 0.659. The molecule has 0 saturated carbocycles. The average molecular weight is 405 g/mol. The number of hydrogen-bond donors (Lipinski definition) is 4. The molecule has 3 atom stereocenters. The summed E-state index contributed by atoms with van der Waals surface area (Å²) in [4.78, 5) is 22.1. The van der Waals surface area contributed by atoms with Crippen molar-refractivity contribution in [2.45, 2.75) is 63.7 Å². The van der Waals surface area contributed by atoms with Crippen molar-refractivity contribution in [3.63, 3.8) is 0 Å². The van der Waals surface area contributed by atoms with Crippen molar-refractivity contribution < 1.29 is 30.0 Å². The Kier molecular flexibility index (Phi) is 8.37. The van der Waals surface area contributed by atoms with Gasteiger partial charge in [0.1, 0.15) is 0 Å². The molecule has 2 aliphatic rings. The standard InChI is InChI=1S/C18H25N.C4H6O6/c1-14-7-9-15(10-8-14)13-18-17-6-4-3-5-16(17)11-12-19(18)2;5-1(3(7)8)2(6)4(9)10/h7-10,18H,3-6,11-13H2,1-2H3;1-2,5-6H,(H,7,8)(H,9,10)/t;1-,2-/m.1/s1. The van der Waals surface area contributed by atoms with Gasteiger partial charge in [-0.3, -0.25) is 4.90 Å². The van der Waals surface area contributed by atoms with E-state index in [0.29, 0.717) is 6.04 Å². The second-order valence-electron chi connectivity index (χ2n) is 7.84. The zero-order valence-corrected chi connectivity index (χ0v) is 17.0. The molecule has 0 bridgehead atoms. The highest BCUT2D eigenvalue weighted by Crippen LogP contribution is 2.35. The maximum Gasteiger partial charge on any atom is 0.335 e. The molecular weight excluding hydrogens is 374 g/mol. The molecule has 0 spiro atoms. The molecule has 1 aliphatic heterocycles. The molecule has 4 N–H and O–H groups in total. The lowest BCUT2D eigenvalue weighted by atomic mass is 9.80. The number of rotatable bonds is 5. The van der Waals surface area contributed by atoms with E-state index < -0.39 is 24.1 Å². The summed E-state index contributed by atoms with van der Waals surface area (Å²) in [5, 5.41) is 32.5. The topological polar surface area (TPSA) is 118 Å². The fourth-order valence-corrected chi connectivity index (χ4v) is 3.91. The van der Waals surface area contributed by atoms with Crippen LogP contribution in [0.3, 0.4) is 0 Å². The van der Waals surface area contributed by atoms with Crippen molar-refractivity contribution in [2.24, 2.45) is 0 Å². The van der Waals surface area contributed by atoms with Crippen molar-refractivity contribution in [2.75, 3.05) is 13.6 Å². The van der Waals surface area contributed by atoms with Crippen molar-refractivity contribution in [1.29, 1.82) is 0 Å². The summed E-state index contributed by atoms with van der Waals surface area (Å²) in [5.74, 6) is -3.54. The van der Waals surface area contributed by atoms with Gasteiger partial charge in [0.2, 0.25) is 0 Å². The quantitative estimate of drug-likeness (QED) is 0.553. The summed E-state index contributed by atoms with van der Waals surface area (Å²) >= 11 is 0. The Balaban J connectivity index is 0.000000257. The first-order valence-electron chi connectivity index (χ1n) is 9.99. The minimum Gasteiger partial charge on any atom is -0.479 e. The number of nitrogens with zero attached hydrogens (tertiary/aromatic N) is 1. The van der Waals surface area contributed by atoms with E-state index in [4.69, 9.17) is 20.4 Å². The van der Waals surface area contributed by atoms with Crippen molar-refractivity contribution in [3.8, 4) is 0 Å². The van der Waals surface area contributed by atoms with E-state index in [0.717, 1.165) is 0 Å². The Morgan fingerprint density at radius 2 is 1.55 bits per heavy atom. The smallest absolute Gasteiger partial charge is 0.335 e. The Morgan fingerprint density at radius 1 is 1.00 bits per heavy atom. The third-order valence-electron chi connectivity index (χ3n) is 5.68. The Hall–Kier alpha value is -2.22. The number of aliphatic hydroxyl groups excluding tert-OH is 2. The van der Waals surface area contributed by atoms with Crippen molar-refractivity contribution >= 4 is 11.9 Å². The number of carboxylic acid groups (broad SMARTS) is 2. The molecule has 0 fully saturated rings. The summed E-state index contributed by atoms with van der Waals surface area (Å²) in [6, 6.07) is 9.76. The third-order valence-corrected chi connectivity index (χ3v) is 5.68. The summed E-state index contributed by atoms with van der Waals surface area (Å²) in [5.41, 5.74) is 6.42. The average Bonchev–Trinajstić information content (AvgIpc) is 2.70. The van der Waals surface area contributed by atoms with E-state index in [1.807, 2.05) is 0 Å². The van der Waals surface area contributed by atoms with Gasteiger partial charge in [-0.1, -0.05) is 41.0 Å². The van der Waals surface area contributed by atoms with Crippen LogP contribution in [0.15, 0.2) is 35.4 Å². The van der Waals surface area contributed by atoms with E-state index in [1.165, 1.54) is 56.2 Å². The number of aliphatic hydroxyl groups is 2. The number of carboxylic acids is 2. The fourth-order valence-electron chi connectivity index (χ4n) is 3.91. The third kappa shape index (κ3) is 6.39. The fraction of sp³-hybridized carbons (Fsp3) is 0.545. The number of carbonyl (C=O) groups is 2. The lowest BCUT2D eigenvalue weighted by Crippen LogP contribution is -2.40. The first kappa shape index (κ1) is 23.1. The lowest BCUT2D eigenvalue weighted by molar-refractivity contribution is -0.165. The van der Waals surface area contributed by atoms with Gasteiger partial charge in [0.05, 0.1) is 0 Å². The molecular formula is C22H31NO6. The van der Waals surface area contributed by atoms with Crippen LogP contribution < -0.4 is 0 Å². The SMILES string of the molecule is Cc1ccc(CC2C3=C(CCCC3)CCN2C)cc1.O=C(O)[C@H](O)[C@@H](O)C(=O)O. The molecule has 1 aromatic carbocycles. The molecule has 7 heteroatoms. The maximum atomic E-state index is 9.77. The van der Waals surface area contributed by atoms with E-state index in [1.54, 1.807) is 11.1 Å². The highest BCUT2D eigenvalue weighted by molar-refractivity contribution is 5.83. The monoisotopic (exact) mass is 405 g/mol. The molecule has 0 radical (unpaired) electrons. The van der Waals surface area contributed by atoms with Crippen LogP contribution in [0.25, 0.3) is 0 Å². The highest BCUT2D eigenvalue weighted by atomic mass is 16.4. The Morgan fingerprint density at radius 3 is 2.10 bits per heavy atom. The van der Waals surface area contributed by atoms with E-state index in [9.17, 15) is 9.59 Å². The predicted molar refractivity (Wildman–Crippen MR) is 109 cm³/mol. The molecule has 3 rings (SSSR count). The summed E-state index contributed by atoms with van der Waals surface area (Å²) in [7, 11) is 2.30. The van der Waals surface area contributed by atoms with E-state index in [-0.39, 0.29) is 0 Å². The number of aryl methyl sites for hydroxylation is 1. The van der Waals surface area contributed by atoms with Gasteiger partial charge in [0.25, 0.3) is 0 Å². The molecule has 29 heavy (non-hydrogen) atoms. The van der Waals surface area contributed by atoms with Crippen LogP contribution in [0.1, 0.15) is 43.2 Å². The summed E-state index contributed by atoms with van der Waals surface area (Å²) in [6.45, 7) is 3.41. The van der Waals surface area contributed by atoms with Crippen LogP contribution in [-0.4, -0.2) is 69.1 Å². The second-order valence-corrected chi connectivity index (χ2v) is 7.84. The second kappa shape index (κ2) is 10.5. The minimum atomic E-state index is -2.27. The van der Waals surface area contributed by atoms with Gasteiger partial charge in [0.15, 0.2) is 12.2 Å². The predicted octanol–water partition coefficient (Wildman–Crippen LogP) is 1.99. The van der Waals surface area contributed by atoms with Crippen LogP contribution in [0.4, 0.5) is 0 Å². The molecule has 7 nitrogen and oxygen atoms in total. The summed E-state index contributed by atoms with van der Waals surface area (Å²) in [6.07, 6.45) is 3.50. The number of aliphatic carboxylic acids is 2. The molecule has 1 unspecified atom stereocenters. The van der Waals surface area contributed by atoms with Crippen LogP contribution in [0, 0.1) is 6.92 Å². The Labute approximate surface area is 171 Å². The molecule has 0 amide bonds. The highest BCUT2D eigenvalue weighted by Gasteiger charge is 2.29. The zero-order valence-electron chi connectivity index (χ0n) is 17.0. The van der Waals surface area contributed by atoms with Crippen LogP contribution in [0.2, 0.25) is 0 Å². The zero-order chi connectivity index (χ0) is 21.6. The molecule has 0 aromatic heterocycles. The molecule has 1 aromatic rings.